The molecule has 3 aliphatic rings. The van der Waals surface area contributed by atoms with Gasteiger partial charge in [-0.2, -0.15) is 0 Å². The molecule has 6 heteroatoms. The summed E-state index contributed by atoms with van der Waals surface area (Å²) in [6.07, 6.45) is 11.9. The standard InChI is InChI=1S/C22H34N6/c1-24-21(20-23)22-27(16-8-14-25-10-4-2-5-11-25)18-19-28(22)17-9-15-26-12-6-3-7-13-26/h2,4H,3,5-19H2. The molecule has 0 aromatic rings. The van der Waals surface area contributed by atoms with Gasteiger partial charge in [-0.3, -0.25) is 4.90 Å². The van der Waals surface area contributed by atoms with E-state index in [-0.39, 0.29) is 5.70 Å². The van der Waals surface area contributed by atoms with Gasteiger partial charge in [-0.05, 0) is 51.7 Å². The van der Waals surface area contributed by atoms with E-state index in [1.807, 2.05) is 0 Å². The summed E-state index contributed by atoms with van der Waals surface area (Å²) in [6, 6.07) is 2.15. The fourth-order valence-electron chi connectivity index (χ4n) is 4.56. The highest BCUT2D eigenvalue weighted by Crippen LogP contribution is 2.24. The first-order valence-electron chi connectivity index (χ1n) is 10.9. The first-order valence-corrected chi connectivity index (χ1v) is 10.9. The van der Waals surface area contributed by atoms with Crippen LogP contribution in [0.2, 0.25) is 0 Å². The lowest BCUT2D eigenvalue weighted by atomic mass is 10.1. The third kappa shape index (κ3) is 5.74. The normalized spacial score (nSPS) is 22.9. The van der Waals surface area contributed by atoms with Gasteiger partial charge >= 0.3 is 5.70 Å². The molecular formula is C22H34N6. The maximum Gasteiger partial charge on any atom is 0.300 e. The van der Waals surface area contributed by atoms with Crippen molar-refractivity contribution in [3.8, 4) is 6.07 Å². The minimum absolute atomic E-state index is 0.261. The van der Waals surface area contributed by atoms with Crippen LogP contribution in [0.5, 0.6) is 0 Å². The number of nitrogens with zero attached hydrogens (tertiary/aromatic N) is 6. The Hall–Kier alpha value is -2.02. The van der Waals surface area contributed by atoms with E-state index >= 15 is 0 Å². The van der Waals surface area contributed by atoms with E-state index in [1.165, 1.54) is 32.4 Å². The molecule has 0 saturated carbocycles. The van der Waals surface area contributed by atoms with E-state index in [4.69, 9.17) is 6.57 Å². The average Bonchev–Trinajstić information content (AvgIpc) is 3.13. The molecule has 0 aromatic heterocycles. The molecule has 3 heterocycles. The Labute approximate surface area is 170 Å². The van der Waals surface area contributed by atoms with Crippen LogP contribution in [0.15, 0.2) is 23.7 Å². The lowest BCUT2D eigenvalue weighted by Crippen LogP contribution is -2.33. The lowest BCUT2D eigenvalue weighted by Gasteiger charge is -2.29. The summed E-state index contributed by atoms with van der Waals surface area (Å²) in [5.74, 6) is 0.884. The van der Waals surface area contributed by atoms with Gasteiger partial charge in [0.2, 0.25) is 0 Å². The van der Waals surface area contributed by atoms with Gasteiger partial charge in [-0.25, -0.2) is 10.1 Å². The summed E-state index contributed by atoms with van der Waals surface area (Å²) >= 11 is 0. The van der Waals surface area contributed by atoms with Crippen LogP contribution >= 0.6 is 0 Å². The highest BCUT2D eigenvalue weighted by atomic mass is 15.4. The minimum atomic E-state index is 0.261. The highest BCUT2D eigenvalue weighted by molar-refractivity contribution is 5.33. The second-order valence-corrected chi connectivity index (χ2v) is 8.04. The van der Waals surface area contributed by atoms with Crippen molar-refractivity contribution in [1.82, 2.24) is 19.6 Å². The van der Waals surface area contributed by atoms with Crippen LogP contribution in [0.4, 0.5) is 0 Å². The summed E-state index contributed by atoms with van der Waals surface area (Å²) in [5, 5.41) is 9.48. The van der Waals surface area contributed by atoms with E-state index in [9.17, 15) is 5.26 Å². The molecule has 0 atom stereocenters. The van der Waals surface area contributed by atoms with Crippen LogP contribution < -0.4 is 0 Å². The molecule has 0 spiro atoms. The lowest BCUT2D eigenvalue weighted by molar-refractivity contribution is 0.214. The van der Waals surface area contributed by atoms with Crippen LogP contribution in [0.3, 0.4) is 0 Å². The Balaban J connectivity index is 1.51. The molecule has 2 fully saturated rings. The van der Waals surface area contributed by atoms with Gasteiger partial charge in [0.05, 0.1) is 12.6 Å². The number of rotatable bonds is 8. The molecule has 2 saturated heterocycles. The van der Waals surface area contributed by atoms with Gasteiger partial charge in [0.15, 0.2) is 0 Å². The number of nitriles is 1. The number of hydrogen-bond donors (Lipinski definition) is 0. The maximum absolute atomic E-state index is 9.48. The quantitative estimate of drug-likeness (QED) is 0.367. The molecule has 0 unspecified atom stereocenters. The number of piperidine rings is 1. The zero-order valence-electron chi connectivity index (χ0n) is 17.2. The Morgan fingerprint density at radius 3 is 2.14 bits per heavy atom. The van der Waals surface area contributed by atoms with Crippen LogP contribution in [0.25, 0.3) is 4.85 Å². The molecule has 0 N–H and O–H groups in total. The molecule has 0 radical (unpaired) electrons. The highest BCUT2D eigenvalue weighted by Gasteiger charge is 2.28. The monoisotopic (exact) mass is 382 g/mol. The van der Waals surface area contributed by atoms with Gasteiger partial charge in [0.1, 0.15) is 5.82 Å². The Morgan fingerprint density at radius 1 is 0.893 bits per heavy atom. The van der Waals surface area contributed by atoms with Crippen molar-refractivity contribution in [2.24, 2.45) is 0 Å². The zero-order chi connectivity index (χ0) is 19.6. The molecule has 28 heavy (non-hydrogen) atoms. The van der Waals surface area contributed by atoms with Crippen molar-refractivity contribution in [1.29, 1.82) is 5.26 Å². The van der Waals surface area contributed by atoms with Gasteiger partial charge in [0.25, 0.3) is 0 Å². The van der Waals surface area contributed by atoms with Gasteiger partial charge in [0, 0.05) is 45.8 Å². The number of allylic oxidation sites excluding steroid dienone is 1. The third-order valence-electron chi connectivity index (χ3n) is 6.06. The largest absolute Gasteiger partial charge is 0.365 e. The summed E-state index contributed by atoms with van der Waals surface area (Å²) in [5.41, 5.74) is 0.261. The Kier molecular flexibility index (Phi) is 8.21. The number of likely N-dealkylation sites (tertiary alicyclic amines) is 1. The molecule has 0 aromatic carbocycles. The van der Waals surface area contributed by atoms with Crippen molar-refractivity contribution in [2.45, 2.75) is 38.5 Å². The molecular weight excluding hydrogens is 348 g/mol. The third-order valence-corrected chi connectivity index (χ3v) is 6.06. The van der Waals surface area contributed by atoms with E-state index in [2.05, 4.69) is 42.7 Å². The first kappa shape index (κ1) is 20.7. The first-order chi connectivity index (χ1) is 13.8. The van der Waals surface area contributed by atoms with Gasteiger partial charge < -0.3 is 14.7 Å². The van der Waals surface area contributed by atoms with Crippen LogP contribution in [-0.4, -0.2) is 85.0 Å². The van der Waals surface area contributed by atoms with Crippen molar-refractivity contribution in [3.05, 3.63) is 35.1 Å². The smallest absolute Gasteiger partial charge is 0.300 e. The fourth-order valence-corrected chi connectivity index (χ4v) is 4.56. The molecule has 0 aliphatic carbocycles. The maximum atomic E-state index is 9.48. The molecule has 0 amide bonds. The van der Waals surface area contributed by atoms with E-state index in [1.54, 1.807) is 0 Å². The molecule has 0 bridgehead atoms. The summed E-state index contributed by atoms with van der Waals surface area (Å²) in [4.78, 5) is 13.1. The van der Waals surface area contributed by atoms with E-state index in [0.717, 1.165) is 77.4 Å². The SMILES string of the molecule is [C-]#[N+]C(C#N)=C1N(CCCN2CC=CCC2)CCN1CCCN1CCCCC1. The fraction of sp³-hybridized carbons (Fsp3) is 0.727. The summed E-state index contributed by atoms with van der Waals surface area (Å²) in [7, 11) is 0. The van der Waals surface area contributed by atoms with E-state index in [0.29, 0.717) is 0 Å². The molecule has 6 nitrogen and oxygen atoms in total. The average molecular weight is 383 g/mol. The van der Waals surface area contributed by atoms with Crippen LogP contribution in [0, 0.1) is 17.9 Å². The van der Waals surface area contributed by atoms with Gasteiger partial charge in [-0.15, -0.1) is 0 Å². The summed E-state index contributed by atoms with van der Waals surface area (Å²) in [6.45, 7) is 18.1. The zero-order valence-corrected chi connectivity index (χ0v) is 17.2. The second kappa shape index (κ2) is 11.1. The van der Waals surface area contributed by atoms with Gasteiger partial charge in [-0.1, -0.05) is 18.6 Å². The van der Waals surface area contributed by atoms with Crippen molar-refractivity contribution in [2.75, 3.05) is 65.4 Å². The van der Waals surface area contributed by atoms with E-state index < -0.39 is 0 Å². The van der Waals surface area contributed by atoms with Crippen LogP contribution in [0.1, 0.15) is 38.5 Å². The predicted octanol–water partition coefficient (Wildman–Crippen LogP) is 2.74. The summed E-state index contributed by atoms with van der Waals surface area (Å²) < 4.78 is 0. The van der Waals surface area contributed by atoms with Crippen molar-refractivity contribution >= 4 is 0 Å². The second-order valence-electron chi connectivity index (χ2n) is 8.04. The van der Waals surface area contributed by atoms with Crippen LogP contribution in [-0.2, 0) is 0 Å². The molecule has 152 valence electrons. The Morgan fingerprint density at radius 2 is 1.57 bits per heavy atom. The molecule has 3 aliphatic heterocycles. The Bertz CT molecular complexity index is 618. The predicted molar refractivity (Wildman–Crippen MR) is 112 cm³/mol. The molecule has 3 rings (SSSR count). The minimum Gasteiger partial charge on any atom is -0.365 e. The topological polar surface area (TPSA) is 41.1 Å². The number of hydrogen-bond acceptors (Lipinski definition) is 5. The van der Waals surface area contributed by atoms with Crippen molar-refractivity contribution in [3.63, 3.8) is 0 Å². The van der Waals surface area contributed by atoms with Crippen molar-refractivity contribution < 1.29 is 0 Å².